The van der Waals surface area contributed by atoms with E-state index in [1.54, 1.807) is 18.9 Å². The van der Waals surface area contributed by atoms with Gasteiger partial charge in [-0.05, 0) is 43.5 Å². The topological polar surface area (TPSA) is 73.0 Å². The summed E-state index contributed by atoms with van der Waals surface area (Å²) in [6.45, 7) is 5.33. The summed E-state index contributed by atoms with van der Waals surface area (Å²) in [5, 5.41) is 3.23. The van der Waals surface area contributed by atoms with Crippen LogP contribution < -0.4 is 10.2 Å². The number of anilines is 1. The number of carbonyl (C=O) groups excluding carboxylic acids is 3. The lowest BCUT2D eigenvalue weighted by molar-refractivity contribution is -0.127. The summed E-state index contributed by atoms with van der Waals surface area (Å²) in [6, 6.07) is 20.0. The van der Waals surface area contributed by atoms with Crippen molar-refractivity contribution in [1.82, 2.24) is 15.1 Å². The molecular formula is C28H37ClN4O3. The third-order valence-electron chi connectivity index (χ3n) is 7.33. The molecule has 0 aliphatic carbocycles. The Morgan fingerprint density at radius 3 is 2.19 bits per heavy atom. The second-order valence-corrected chi connectivity index (χ2v) is 9.83. The lowest BCUT2D eigenvalue weighted by Crippen LogP contribution is -2.52. The van der Waals surface area contributed by atoms with Gasteiger partial charge in [-0.3, -0.25) is 14.4 Å². The number of rotatable bonds is 8. The number of nitrogens with one attached hydrogen (secondary N) is 1. The van der Waals surface area contributed by atoms with Crippen LogP contribution in [0.5, 0.6) is 0 Å². The molecule has 1 N–H and O–H groups in total. The minimum Gasteiger partial charge on any atom is -0.347 e. The molecule has 2 aromatic rings. The molecule has 1 atom stereocenters. The Balaban J connectivity index is 0.00000361. The van der Waals surface area contributed by atoms with Gasteiger partial charge in [0, 0.05) is 52.3 Å². The van der Waals surface area contributed by atoms with Gasteiger partial charge in [0.05, 0.1) is 11.5 Å². The smallest absolute Gasteiger partial charge is 0.232 e. The van der Waals surface area contributed by atoms with Gasteiger partial charge in [0.2, 0.25) is 17.7 Å². The highest BCUT2D eigenvalue weighted by Gasteiger charge is 2.37. The number of hydrogen-bond donors (Lipinski definition) is 1. The van der Waals surface area contributed by atoms with E-state index in [9.17, 15) is 14.4 Å². The normalized spacial score (nSPS) is 19.4. The highest BCUT2D eigenvalue weighted by atomic mass is 35.5. The monoisotopic (exact) mass is 512 g/mol. The molecule has 1 unspecified atom stereocenters. The van der Waals surface area contributed by atoms with Crippen molar-refractivity contribution in [3.63, 3.8) is 0 Å². The van der Waals surface area contributed by atoms with Crippen molar-refractivity contribution in [3.05, 3.63) is 66.2 Å². The van der Waals surface area contributed by atoms with E-state index in [4.69, 9.17) is 0 Å². The fourth-order valence-electron chi connectivity index (χ4n) is 5.41. The first-order chi connectivity index (χ1) is 16.9. The molecule has 194 valence electrons. The average Bonchev–Trinajstić information content (AvgIpc) is 3.21. The van der Waals surface area contributed by atoms with Crippen LogP contribution in [-0.2, 0) is 19.9 Å². The summed E-state index contributed by atoms with van der Waals surface area (Å²) in [5.74, 6) is -0.228. The Labute approximate surface area is 220 Å². The standard InChI is InChI=1S/C28H36N4O3.ClH/c1-22(33)29-28(24-10-5-3-6-11-24)14-18-31(19-15-28)16-9-17-32(25-12-7-4-8-13-25)27(35)23-20-26(34)30(2)21-23;/h3-8,10-13,23H,9,14-21H2,1-2H3,(H,29,33);1H. The van der Waals surface area contributed by atoms with E-state index in [1.165, 1.54) is 0 Å². The van der Waals surface area contributed by atoms with E-state index in [0.717, 1.165) is 50.1 Å². The molecular weight excluding hydrogens is 476 g/mol. The Kier molecular flexibility index (Phi) is 9.51. The Bertz CT molecular complexity index is 1030. The highest BCUT2D eigenvalue weighted by Crippen LogP contribution is 2.33. The average molecular weight is 513 g/mol. The lowest BCUT2D eigenvalue weighted by Gasteiger charge is -2.43. The number of likely N-dealkylation sites (tertiary alicyclic amines) is 2. The van der Waals surface area contributed by atoms with Crippen LogP contribution in [0.1, 0.15) is 38.2 Å². The molecule has 0 saturated carbocycles. The van der Waals surface area contributed by atoms with Gasteiger partial charge in [-0.25, -0.2) is 0 Å². The molecule has 2 heterocycles. The van der Waals surface area contributed by atoms with Crippen molar-refractivity contribution in [1.29, 1.82) is 0 Å². The van der Waals surface area contributed by atoms with E-state index in [2.05, 4.69) is 22.3 Å². The summed E-state index contributed by atoms with van der Waals surface area (Å²) in [7, 11) is 1.76. The van der Waals surface area contributed by atoms with Gasteiger partial charge < -0.3 is 20.0 Å². The zero-order valence-corrected chi connectivity index (χ0v) is 22.0. The van der Waals surface area contributed by atoms with Gasteiger partial charge in [-0.2, -0.15) is 0 Å². The van der Waals surface area contributed by atoms with Crippen LogP contribution in [0, 0.1) is 5.92 Å². The first kappa shape index (κ1) is 27.7. The molecule has 3 amide bonds. The van der Waals surface area contributed by atoms with Crippen molar-refractivity contribution >= 4 is 35.8 Å². The third-order valence-corrected chi connectivity index (χ3v) is 7.33. The molecule has 0 spiro atoms. The number of benzene rings is 2. The van der Waals surface area contributed by atoms with Gasteiger partial charge in [-0.15, -0.1) is 12.4 Å². The van der Waals surface area contributed by atoms with Crippen molar-refractivity contribution in [2.24, 2.45) is 5.92 Å². The molecule has 4 rings (SSSR count). The van der Waals surface area contributed by atoms with Crippen LogP contribution in [0.4, 0.5) is 5.69 Å². The van der Waals surface area contributed by atoms with Crippen molar-refractivity contribution in [2.45, 2.75) is 38.1 Å². The minimum atomic E-state index is -0.323. The largest absolute Gasteiger partial charge is 0.347 e. The Morgan fingerprint density at radius 2 is 1.64 bits per heavy atom. The van der Waals surface area contributed by atoms with Crippen LogP contribution in [-0.4, -0.2) is 67.3 Å². The maximum absolute atomic E-state index is 13.4. The second kappa shape index (κ2) is 12.4. The maximum Gasteiger partial charge on any atom is 0.232 e. The Morgan fingerprint density at radius 1 is 1.03 bits per heavy atom. The van der Waals surface area contributed by atoms with E-state index >= 15 is 0 Å². The van der Waals surface area contributed by atoms with Crippen molar-refractivity contribution in [3.8, 4) is 0 Å². The molecule has 7 nitrogen and oxygen atoms in total. The van der Waals surface area contributed by atoms with Crippen molar-refractivity contribution < 1.29 is 14.4 Å². The van der Waals surface area contributed by atoms with Crippen LogP contribution >= 0.6 is 12.4 Å². The maximum atomic E-state index is 13.4. The number of hydrogen-bond acceptors (Lipinski definition) is 4. The van der Waals surface area contributed by atoms with E-state index in [0.29, 0.717) is 13.1 Å². The van der Waals surface area contributed by atoms with Crippen LogP contribution in [0.15, 0.2) is 60.7 Å². The highest BCUT2D eigenvalue weighted by molar-refractivity contribution is 5.99. The first-order valence-electron chi connectivity index (χ1n) is 12.5. The molecule has 8 heteroatoms. The molecule has 2 aromatic carbocycles. The number of nitrogens with zero attached hydrogens (tertiary/aromatic N) is 3. The van der Waals surface area contributed by atoms with Gasteiger partial charge in [-0.1, -0.05) is 48.5 Å². The second-order valence-electron chi connectivity index (χ2n) is 9.83. The zero-order chi connectivity index (χ0) is 24.8. The minimum absolute atomic E-state index is 0. The fraction of sp³-hybridized carbons (Fsp3) is 0.464. The number of halogens is 1. The Hall–Kier alpha value is -2.90. The first-order valence-corrected chi connectivity index (χ1v) is 12.5. The van der Waals surface area contributed by atoms with E-state index < -0.39 is 0 Å². The molecule has 0 radical (unpaired) electrons. The zero-order valence-electron chi connectivity index (χ0n) is 21.2. The molecule has 0 aromatic heterocycles. The van der Waals surface area contributed by atoms with Gasteiger partial charge in [0.1, 0.15) is 0 Å². The number of para-hydroxylation sites is 1. The summed E-state index contributed by atoms with van der Waals surface area (Å²) in [6.07, 6.45) is 2.84. The predicted octanol–water partition coefficient (Wildman–Crippen LogP) is 3.44. The SMILES string of the molecule is CC(=O)NC1(c2ccccc2)CCN(CCCN(C(=O)C2CC(=O)N(C)C2)c2ccccc2)CC1.Cl. The summed E-state index contributed by atoms with van der Waals surface area (Å²) >= 11 is 0. The van der Waals surface area contributed by atoms with Gasteiger partial charge >= 0.3 is 0 Å². The van der Waals surface area contributed by atoms with Crippen LogP contribution in [0.25, 0.3) is 0 Å². The van der Waals surface area contributed by atoms with E-state index in [1.807, 2.05) is 53.4 Å². The summed E-state index contributed by atoms with van der Waals surface area (Å²) in [4.78, 5) is 43.3. The van der Waals surface area contributed by atoms with Crippen LogP contribution in [0.3, 0.4) is 0 Å². The predicted molar refractivity (Wildman–Crippen MR) is 144 cm³/mol. The number of amides is 3. The molecule has 36 heavy (non-hydrogen) atoms. The molecule has 2 aliphatic heterocycles. The fourth-order valence-corrected chi connectivity index (χ4v) is 5.41. The van der Waals surface area contributed by atoms with Gasteiger partial charge in [0.25, 0.3) is 0 Å². The molecule has 2 saturated heterocycles. The van der Waals surface area contributed by atoms with Gasteiger partial charge in [0.15, 0.2) is 0 Å². The third kappa shape index (κ3) is 6.45. The number of piperidine rings is 1. The molecule has 0 bridgehead atoms. The summed E-state index contributed by atoms with van der Waals surface area (Å²) < 4.78 is 0. The van der Waals surface area contributed by atoms with Crippen LogP contribution in [0.2, 0.25) is 0 Å². The quantitative estimate of drug-likeness (QED) is 0.588. The molecule has 2 aliphatic rings. The number of carbonyl (C=O) groups is 3. The van der Waals surface area contributed by atoms with E-state index in [-0.39, 0.29) is 48.0 Å². The molecule has 2 fully saturated rings. The van der Waals surface area contributed by atoms with Crippen molar-refractivity contribution in [2.75, 3.05) is 44.7 Å². The lowest BCUT2D eigenvalue weighted by atomic mass is 9.80. The summed E-state index contributed by atoms with van der Waals surface area (Å²) in [5.41, 5.74) is 1.72.